The largest absolute Gasteiger partial charge is 0.453 e. The van der Waals surface area contributed by atoms with Gasteiger partial charge in [0.05, 0.1) is 0 Å². The van der Waals surface area contributed by atoms with E-state index in [0.717, 1.165) is 24.4 Å². The van der Waals surface area contributed by atoms with Gasteiger partial charge in [0.2, 0.25) is 9.97 Å². The van der Waals surface area contributed by atoms with Crippen molar-refractivity contribution in [3.8, 4) is 0 Å². The quantitative estimate of drug-likeness (QED) is 0.769. The highest BCUT2D eigenvalue weighted by Crippen LogP contribution is 2.29. The summed E-state index contributed by atoms with van der Waals surface area (Å²) in [7, 11) is 1.94. The van der Waals surface area contributed by atoms with Gasteiger partial charge in [-0.1, -0.05) is 11.3 Å². The fourth-order valence-electron chi connectivity index (χ4n) is 2.02. The van der Waals surface area contributed by atoms with Crippen LogP contribution in [0, 0.1) is 0 Å². The number of amides is 1. The zero-order valence-corrected chi connectivity index (χ0v) is 11.8. The Bertz CT molecular complexity index is 672. The van der Waals surface area contributed by atoms with Gasteiger partial charge in [0.1, 0.15) is 0 Å². The van der Waals surface area contributed by atoms with E-state index in [1.54, 1.807) is 4.90 Å². The van der Waals surface area contributed by atoms with Crippen LogP contribution in [-0.4, -0.2) is 68.7 Å². The first-order chi connectivity index (χ1) is 9.86. The summed E-state index contributed by atoms with van der Waals surface area (Å²) in [6.45, 7) is 2.51. The lowest BCUT2D eigenvalue weighted by Gasteiger charge is -2.31. The number of piperazine rings is 1. The molecule has 0 atom stereocenters. The molecule has 0 bridgehead atoms. The van der Waals surface area contributed by atoms with Gasteiger partial charge in [-0.15, -0.1) is 15.3 Å². The number of fused-ring (bicyclic) bond motifs is 1. The van der Waals surface area contributed by atoms with Crippen LogP contribution in [0.5, 0.6) is 0 Å². The van der Waals surface area contributed by atoms with Crippen LogP contribution < -0.4 is 0 Å². The normalized spacial score (nSPS) is 17.6. The fourth-order valence-corrected chi connectivity index (χ4v) is 2.83. The molecule has 1 aliphatic heterocycles. The highest BCUT2D eigenvalue weighted by atomic mass is 32.1. The number of alkyl halides is 3. The number of rotatable bonds is 1. The maximum absolute atomic E-state index is 12.7. The molecule has 11 heteroatoms. The molecule has 0 unspecified atom stereocenters. The van der Waals surface area contributed by atoms with Gasteiger partial charge in [0, 0.05) is 26.2 Å². The van der Waals surface area contributed by atoms with Crippen LogP contribution in [0.1, 0.15) is 15.6 Å². The third-order valence-electron chi connectivity index (χ3n) is 3.22. The average Bonchev–Trinajstić information content (AvgIpc) is 2.96. The van der Waals surface area contributed by atoms with Gasteiger partial charge in [-0.25, -0.2) is 0 Å². The summed E-state index contributed by atoms with van der Waals surface area (Å²) in [5, 5.41) is 10.2. The molecule has 2 aromatic rings. The van der Waals surface area contributed by atoms with Crippen molar-refractivity contribution >= 4 is 22.2 Å². The predicted octanol–water partition coefficient (Wildman–Crippen LogP) is 0.592. The SMILES string of the molecule is CN1CCN(C(=O)c2nn3c(C(F)(F)F)nnc3s2)CC1. The molecule has 1 fully saturated rings. The van der Waals surface area contributed by atoms with E-state index in [2.05, 4.69) is 20.2 Å². The van der Waals surface area contributed by atoms with Crippen molar-refractivity contribution in [1.29, 1.82) is 0 Å². The molecule has 1 saturated heterocycles. The number of nitrogens with zero attached hydrogens (tertiary/aromatic N) is 6. The first-order valence-corrected chi connectivity index (χ1v) is 6.95. The van der Waals surface area contributed by atoms with Crippen molar-refractivity contribution in [2.24, 2.45) is 0 Å². The third kappa shape index (κ3) is 2.58. The Morgan fingerprint density at radius 2 is 1.86 bits per heavy atom. The average molecular weight is 320 g/mol. The van der Waals surface area contributed by atoms with Gasteiger partial charge in [-0.3, -0.25) is 4.79 Å². The fraction of sp³-hybridized carbons (Fsp3) is 0.600. The first-order valence-electron chi connectivity index (χ1n) is 6.13. The second-order valence-corrected chi connectivity index (χ2v) is 5.67. The monoisotopic (exact) mass is 320 g/mol. The molecule has 0 N–H and O–H groups in total. The molecule has 0 aromatic carbocycles. The van der Waals surface area contributed by atoms with Gasteiger partial charge in [-0.05, 0) is 7.05 Å². The summed E-state index contributed by atoms with van der Waals surface area (Å²) >= 11 is 0.810. The van der Waals surface area contributed by atoms with Gasteiger partial charge in [0.25, 0.3) is 11.7 Å². The highest BCUT2D eigenvalue weighted by molar-refractivity contribution is 7.18. The summed E-state index contributed by atoms with van der Waals surface area (Å²) in [4.78, 5) is 15.9. The highest BCUT2D eigenvalue weighted by Gasteiger charge is 2.38. The Morgan fingerprint density at radius 3 is 2.48 bits per heavy atom. The van der Waals surface area contributed by atoms with E-state index in [9.17, 15) is 18.0 Å². The van der Waals surface area contributed by atoms with E-state index in [1.165, 1.54) is 0 Å². The van der Waals surface area contributed by atoms with Crippen molar-refractivity contribution in [3.63, 3.8) is 0 Å². The van der Waals surface area contributed by atoms with Crippen LogP contribution in [0.25, 0.3) is 4.96 Å². The maximum atomic E-state index is 12.7. The van der Waals surface area contributed by atoms with Gasteiger partial charge in [-0.2, -0.15) is 17.7 Å². The lowest BCUT2D eigenvalue weighted by Crippen LogP contribution is -2.47. The van der Waals surface area contributed by atoms with Crippen molar-refractivity contribution in [3.05, 3.63) is 10.8 Å². The zero-order valence-electron chi connectivity index (χ0n) is 11.0. The summed E-state index contributed by atoms with van der Waals surface area (Å²) in [5.41, 5.74) is 0. The second kappa shape index (κ2) is 4.91. The number of carbonyl (C=O) groups is 1. The molecule has 1 aliphatic rings. The molecule has 1 amide bonds. The zero-order chi connectivity index (χ0) is 15.2. The lowest BCUT2D eigenvalue weighted by molar-refractivity contribution is -0.146. The lowest BCUT2D eigenvalue weighted by atomic mass is 10.3. The van der Waals surface area contributed by atoms with Crippen molar-refractivity contribution in [2.75, 3.05) is 33.2 Å². The summed E-state index contributed by atoms with van der Waals surface area (Å²) < 4.78 is 38.7. The number of halogens is 3. The van der Waals surface area contributed by atoms with Gasteiger partial charge in [0.15, 0.2) is 0 Å². The molecule has 21 heavy (non-hydrogen) atoms. The number of likely N-dealkylation sites (N-methyl/N-ethyl adjacent to an activating group) is 1. The smallest absolute Gasteiger partial charge is 0.334 e. The predicted molar refractivity (Wildman–Crippen MR) is 67.1 cm³/mol. The van der Waals surface area contributed by atoms with Crippen molar-refractivity contribution in [1.82, 2.24) is 29.6 Å². The van der Waals surface area contributed by atoms with Crippen molar-refractivity contribution < 1.29 is 18.0 Å². The Morgan fingerprint density at radius 1 is 1.19 bits per heavy atom. The molecule has 3 heterocycles. The Balaban J connectivity index is 1.88. The minimum Gasteiger partial charge on any atom is -0.334 e. The van der Waals surface area contributed by atoms with Crippen LogP contribution in [0.15, 0.2) is 0 Å². The van der Waals surface area contributed by atoms with Crippen LogP contribution in [0.4, 0.5) is 13.2 Å². The van der Waals surface area contributed by atoms with E-state index in [-0.39, 0.29) is 15.9 Å². The van der Waals surface area contributed by atoms with Crippen LogP contribution in [-0.2, 0) is 6.18 Å². The Hall–Kier alpha value is -1.75. The Kier molecular flexibility index (Phi) is 3.32. The first kappa shape index (κ1) is 14.2. The molecular formula is C10H11F3N6OS. The van der Waals surface area contributed by atoms with Crippen molar-refractivity contribution in [2.45, 2.75) is 6.18 Å². The summed E-state index contributed by atoms with van der Waals surface area (Å²) in [6.07, 6.45) is -4.65. The van der Waals surface area contributed by atoms with Crippen LogP contribution in [0.2, 0.25) is 0 Å². The molecule has 3 rings (SSSR count). The minimum absolute atomic E-state index is 0.00467. The van der Waals surface area contributed by atoms with E-state index in [0.29, 0.717) is 17.6 Å². The van der Waals surface area contributed by atoms with Gasteiger partial charge >= 0.3 is 6.18 Å². The van der Waals surface area contributed by atoms with E-state index >= 15 is 0 Å². The van der Waals surface area contributed by atoms with E-state index < -0.39 is 12.0 Å². The molecule has 7 nitrogen and oxygen atoms in total. The van der Waals surface area contributed by atoms with Gasteiger partial charge < -0.3 is 9.80 Å². The minimum atomic E-state index is -4.65. The molecule has 0 radical (unpaired) electrons. The molecule has 0 aliphatic carbocycles. The second-order valence-electron chi connectivity index (χ2n) is 4.72. The number of aromatic nitrogens is 4. The number of carbonyl (C=O) groups excluding carboxylic acids is 1. The van der Waals surface area contributed by atoms with E-state index in [1.807, 2.05) is 7.05 Å². The molecular weight excluding hydrogens is 309 g/mol. The third-order valence-corrected chi connectivity index (χ3v) is 4.10. The summed E-state index contributed by atoms with van der Waals surface area (Å²) in [6, 6.07) is 0. The topological polar surface area (TPSA) is 66.6 Å². The van der Waals surface area contributed by atoms with E-state index in [4.69, 9.17) is 0 Å². The maximum Gasteiger partial charge on any atom is 0.453 e. The number of hydrogen-bond acceptors (Lipinski definition) is 6. The molecule has 0 saturated carbocycles. The molecule has 2 aromatic heterocycles. The summed E-state index contributed by atoms with van der Waals surface area (Å²) in [5.74, 6) is -1.59. The standard InChI is InChI=1S/C10H11F3N6OS/c1-17-2-4-18(5-3-17)7(20)6-16-19-8(10(11,12)13)14-15-9(19)21-6/h2-5H2,1H3. The molecule has 114 valence electrons. The number of hydrogen-bond donors (Lipinski definition) is 0. The van der Waals surface area contributed by atoms with Crippen LogP contribution in [0.3, 0.4) is 0 Å². The molecule has 0 spiro atoms. The Labute approximate surface area is 121 Å². The van der Waals surface area contributed by atoms with Crippen LogP contribution >= 0.6 is 11.3 Å².